The van der Waals surface area contributed by atoms with Crippen LogP contribution in [0, 0.1) is 0 Å². The number of aromatic nitrogens is 4. The van der Waals surface area contributed by atoms with Crippen LogP contribution in [0.25, 0.3) is 5.69 Å². The lowest BCUT2D eigenvalue weighted by atomic mass is 10.2. The van der Waals surface area contributed by atoms with Crippen LogP contribution in [-0.2, 0) is 4.79 Å². The maximum Gasteiger partial charge on any atom is 0.234 e. The SMILES string of the molecule is O=C(CSc1nnnn1-c1ccc(Cl)cc1)Nc1cc(Cl)ccc1N1CCCC1. The predicted molar refractivity (Wildman–Crippen MR) is 116 cm³/mol. The number of nitrogens with zero attached hydrogens (tertiary/aromatic N) is 5. The molecule has 1 saturated heterocycles. The first kappa shape index (κ1) is 20.0. The summed E-state index contributed by atoms with van der Waals surface area (Å²) in [7, 11) is 0. The molecule has 4 rings (SSSR count). The fraction of sp³-hybridized carbons (Fsp3) is 0.263. The molecule has 0 atom stereocenters. The van der Waals surface area contributed by atoms with Crippen molar-refractivity contribution < 1.29 is 4.79 Å². The lowest BCUT2D eigenvalue weighted by Crippen LogP contribution is -2.22. The van der Waals surface area contributed by atoms with Crippen molar-refractivity contribution in [3.8, 4) is 5.69 Å². The summed E-state index contributed by atoms with van der Waals surface area (Å²) in [6.45, 7) is 1.96. The third-order valence-electron chi connectivity index (χ3n) is 4.52. The predicted octanol–water partition coefficient (Wildman–Crippen LogP) is 4.30. The van der Waals surface area contributed by atoms with E-state index in [1.54, 1.807) is 22.9 Å². The lowest BCUT2D eigenvalue weighted by Gasteiger charge is -2.21. The second-order valence-corrected chi connectivity index (χ2v) is 8.36. The standard InChI is InChI=1S/C19H18Cl2N6OS/c20-13-3-6-15(7-4-13)27-19(23-24-25-27)29-12-18(28)22-16-11-14(21)5-8-17(16)26-9-1-2-10-26/h3-8,11H,1-2,9-10,12H2,(H,22,28). The van der Waals surface area contributed by atoms with Crippen LogP contribution < -0.4 is 10.2 Å². The minimum Gasteiger partial charge on any atom is -0.370 e. The van der Waals surface area contributed by atoms with Crippen molar-refractivity contribution in [2.45, 2.75) is 18.0 Å². The van der Waals surface area contributed by atoms with Gasteiger partial charge in [0, 0.05) is 23.1 Å². The van der Waals surface area contributed by atoms with Crippen LogP contribution >= 0.6 is 35.0 Å². The number of tetrazole rings is 1. The maximum atomic E-state index is 12.6. The Kier molecular flexibility index (Phi) is 6.22. The highest BCUT2D eigenvalue weighted by molar-refractivity contribution is 7.99. The second kappa shape index (κ2) is 9.02. The third-order valence-corrected chi connectivity index (χ3v) is 5.93. The van der Waals surface area contributed by atoms with E-state index in [-0.39, 0.29) is 11.7 Å². The van der Waals surface area contributed by atoms with Crippen molar-refractivity contribution in [2.75, 3.05) is 29.1 Å². The molecule has 0 bridgehead atoms. The van der Waals surface area contributed by atoms with Crippen LogP contribution in [0.15, 0.2) is 47.6 Å². The number of benzene rings is 2. The van der Waals surface area contributed by atoms with E-state index in [4.69, 9.17) is 23.2 Å². The van der Waals surface area contributed by atoms with Gasteiger partial charge in [0.1, 0.15) is 0 Å². The molecular formula is C19H18Cl2N6OS. The number of hydrogen-bond acceptors (Lipinski definition) is 6. The van der Waals surface area contributed by atoms with Gasteiger partial charge >= 0.3 is 0 Å². The monoisotopic (exact) mass is 448 g/mol. The first-order valence-electron chi connectivity index (χ1n) is 9.11. The number of rotatable bonds is 6. The summed E-state index contributed by atoms with van der Waals surface area (Å²) in [6.07, 6.45) is 2.30. The van der Waals surface area contributed by atoms with Gasteiger partial charge in [0.2, 0.25) is 11.1 Å². The molecule has 3 aromatic rings. The number of halogens is 2. The Bertz CT molecular complexity index is 1000. The number of anilines is 2. The van der Waals surface area contributed by atoms with Crippen LogP contribution in [-0.4, -0.2) is 45.0 Å². The molecule has 2 heterocycles. The molecule has 0 saturated carbocycles. The summed E-state index contributed by atoms with van der Waals surface area (Å²) in [5, 5.41) is 16.4. The van der Waals surface area contributed by atoms with Crippen molar-refractivity contribution in [3.05, 3.63) is 52.5 Å². The molecule has 1 N–H and O–H groups in total. The highest BCUT2D eigenvalue weighted by Crippen LogP contribution is 2.32. The molecule has 0 spiro atoms. The lowest BCUT2D eigenvalue weighted by molar-refractivity contribution is -0.113. The van der Waals surface area contributed by atoms with E-state index in [0.717, 1.165) is 43.0 Å². The second-order valence-electron chi connectivity index (χ2n) is 6.54. The summed E-state index contributed by atoms with van der Waals surface area (Å²) in [6, 6.07) is 12.7. The Morgan fingerprint density at radius 2 is 1.79 bits per heavy atom. The number of amides is 1. The van der Waals surface area contributed by atoms with Crippen LogP contribution in [0.2, 0.25) is 10.0 Å². The van der Waals surface area contributed by atoms with Crippen LogP contribution in [0.4, 0.5) is 11.4 Å². The minimum atomic E-state index is -0.150. The average molecular weight is 449 g/mol. The van der Waals surface area contributed by atoms with E-state index >= 15 is 0 Å². The quantitative estimate of drug-likeness (QED) is 0.566. The molecule has 1 amide bonds. The molecule has 2 aromatic carbocycles. The van der Waals surface area contributed by atoms with Gasteiger partial charge in [-0.2, -0.15) is 4.68 Å². The molecule has 10 heteroatoms. The summed E-state index contributed by atoms with van der Waals surface area (Å²) >= 11 is 13.3. The Morgan fingerprint density at radius 3 is 2.55 bits per heavy atom. The average Bonchev–Trinajstić information content (AvgIpc) is 3.39. The maximum absolute atomic E-state index is 12.6. The van der Waals surface area contributed by atoms with Crippen molar-refractivity contribution >= 4 is 52.2 Å². The van der Waals surface area contributed by atoms with E-state index in [0.29, 0.717) is 15.2 Å². The van der Waals surface area contributed by atoms with E-state index in [1.807, 2.05) is 24.3 Å². The van der Waals surface area contributed by atoms with Gasteiger partial charge in [0.25, 0.3) is 0 Å². The molecule has 0 radical (unpaired) electrons. The Balaban J connectivity index is 1.44. The van der Waals surface area contributed by atoms with E-state index in [2.05, 4.69) is 25.7 Å². The van der Waals surface area contributed by atoms with Gasteiger partial charge in [-0.15, -0.1) is 5.10 Å². The van der Waals surface area contributed by atoms with Gasteiger partial charge in [0.05, 0.1) is 22.8 Å². The number of carbonyl (C=O) groups is 1. The van der Waals surface area contributed by atoms with E-state index in [9.17, 15) is 4.79 Å². The minimum absolute atomic E-state index is 0.150. The number of nitrogens with one attached hydrogen (secondary N) is 1. The van der Waals surface area contributed by atoms with Crippen molar-refractivity contribution in [1.82, 2.24) is 20.2 Å². The Hall–Kier alpha value is -2.29. The first-order valence-corrected chi connectivity index (χ1v) is 10.9. The Morgan fingerprint density at radius 1 is 1.07 bits per heavy atom. The van der Waals surface area contributed by atoms with Gasteiger partial charge in [-0.1, -0.05) is 35.0 Å². The summed E-state index contributed by atoms with van der Waals surface area (Å²) in [5.41, 5.74) is 2.49. The Labute approximate surface area is 182 Å². The summed E-state index contributed by atoms with van der Waals surface area (Å²) in [5.74, 6) is 0.0169. The van der Waals surface area contributed by atoms with Crippen molar-refractivity contribution in [1.29, 1.82) is 0 Å². The van der Waals surface area contributed by atoms with Crippen LogP contribution in [0.5, 0.6) is 0 Å². The fourth-order valence-corrected chi connectivity index (χ4v) is 4.16. The molecule has 1 aromatic heterocycles. The first-order chi connectivity index (χ1) is 14.1. The number of thioether (sulfide) groups is 1. The molecule has 0 aliphatic carbocycles. The third kappa shape index (κ3) is 4.83. The molecule has 29 heavy (non-hydrogen) atoms. The highest BCUT2D eigenvalue weighted by atomic mass is 35.5. The number of hydrogen-bond donors (Lipinski definition) is 1. The summed E-state index contributed by atoms with van der Waals surface area (Å²) < 4.78 is 1.57. The zero-order chi connectivity index (χ0) is 20.2. The van der Waals surface area contributed by atoms with Gasteiger partial charge in [-0.3, -0.25) is 4.79 Å². The molecule has 150 valence electrons. The van der Waals surface area contributed by atoms with Crippen LogP contribution in [0.1, 0.15) is 12.8 Å². The van der Waals surface area contributed by atoms with Crippen molar-refractivity contribution in [2.24, 2.45) is 0 Å². The zero-order valence-electron chi connectivity index (χ0n) is 15.4. The molecule has 7 nitrogen and oxygen atoms in total. The topological polar surface area (TPSA) is 75.9 Å². The molecule has 1 fully saturated rings. The highest BCUT2D eigenvalue weighted by Gasteiger charge is 2.18. The molecule has 1 aliphatic rings. The molecule has 0 unspecified atom stereocenters. The summed E-state index contributed by atoms with van der Waals surface area (Å²) in [4.78, 5) is 14.9. The van der Waals surface area contributed by atoms with Gasteiger partial charge in [-0.25, -0.2) is 0 Å². The smallest absolute Gasteiger partial charge is 0.234 e. The van der Waals surface area contributed by atoms with E-state index in [1.165, 1.54) is 11.8 Å². The van der Waals surface area contributed by atoms with Crippen molar-refractivity contribution in [3.63, 3.8) is 0 Å². The van der Waals surface area contributed by atoms with Gasteiger partial charge < -0.3 is 10.2 Å². The van der Waals surface area contributed by atoms with Crippen LogP contribution in [0.3, 0.4) is 0 Å². The zero-order valence-corrected chi connectivity index (χ0v) is 17.7. The van der Waals surface area contributed by atoms with Gasteiger partial charge in [-0.05, 0) is 65.7 Å². The molecular weight excluding hydrogens is 431 g/mol. The normalized spacial score (nSPS) is 13.7. The number of carbonyl (C=O) groups excluding carboxylic acids is 1. The fourth-order valence-electron chi connectivity index (χ4n) is 3.17. The van der Waals surface area contributed by atoms with E-state index < -0.39 is 0 Å². The molecule has 1 aliphatic heterocycles. The van der Waals surface area contributed by atoms with Gasteiger partial charge in [0.15, 0.2) is 0 Å². The largest absolute Gasteiger partial charge is 0.370 e.